The van der Waals surface area contributed by atoms with Crippen LogP contribution in [0.3, 0.4) is 0 Å². The van der Waals surface area contributed by atoms with Crippen LogP contribution in [0.15, 0.2) is 24.3 Å². The molecule has 0 heterocycles. The molecule has 1 aromatic rings. The highest BCUT2D eigenvalue weighted by Gasteiger charge is 2.38. The molecule has 1 fully saturated rings. The van der Waals surface area contributed by atoms with E-state index in [1.165, 1.54) is 25.0 Å². The molecule has 4 heteroatoms. The molecule has 0 saturated heterocycles. The summed E-state index contributed by atoms with van der Waals surface area (Å²) in [4.78, 5) is 10.2. The summed E-state index contributed by atoms with van der Waals surface area (Å²) in [6, 6.07) is 6.52. The van der Waals surface area contributed by atoms with E-state index in [0.717, 1.165) is 24.8 Å². The van der Waals surface area contributed by atoms with E-state index in [4.69, 9.17) is 0 Å². The lowest BCUT2D eigenvalue weighted by molar-refractivity contribution is -0.384. The second-order valence-electron chi connectivity index (χ2n) is 5.57. The smallest absolute Gasteiger partial charge is 0.269 e. The van der Waals surface area contributed by atoms with Gasteiger partial charge in [0.2, 0.25) is 0 Å². The Bertz CT molecular complexity index is 435. The van der Waals surface area contributed by atoms with Gasteiger partial charge in [-0.15, -0.1) is 0 Å². The molecular weight excluding hydrogens is 242 g/mol. The van der Waals surface area contributed by atoms with Crippen molar-refractivity contribution in [2.45, 2.75) is 51.6 Å². The van der Waals surface area contributed by atoms with Gasteiger partial charge in [0.05, 0.1) is 11.0 Å². The van der Waals surface area contributed by atoms with Crippen molar-refractivity contribution in [1.29, 1.82) is 0 Å². The van der Waals surface area contributed by atoms with Gasteiger partial charge < -0.3 is 5.11 Å². The predicted octanol–water partition coefficient (Wildman–Crippen LogP) is 3.47. The highest BCUT2D eigenvalue weighted by molar-refractivity contribution is 5.33. The Morgan fingerprint density at radius 3 is 2.37 bits per heavy atom. The van der Waals surface area contributed by atoms with Crippen LogP contribution < -0.4 is 0 Å². The zero-order valence-corrected chi connectivity index (χ0v) is 11.3. The van der Waals surface area contributed by atoms with Crippen molar-refractivity contribution in [2.24, 2.45) is 5.41 Å². The quantitative estimate of drug-likeness (QED) is 0.653. The molecule has 19 heavy (non-hydrogen) atoms. The van der Waals surface area contributed by atoms with Crippen LogP contribution in [0.5, 0.6) is 0 Å². The maximum atomic E-state index is 10.6. The van der Waals surface area contributed by atoms with Gasteiger partial charge in [-0.1, -0.05) is 31.9 Å². The van der Waals surface area contributed by atoms with Crippen LogP contribution in [0.25, 0.3) is 0 Å². The number of benzene rings is 1. The Hall–Kier alpha value is -1.42. The SMILES string of the molecule is CCC1(C(O)Cc2ccc([N+](=O)[O-])cc2)CCCC1. The normalized spacial score (nSPS) is 19.3. The number of rotatable bonds is 5. The van der Waals surface area contributed by atoms with Crippen LogP contribution in [0.2, 0.25) is 0 Å². The first-order chi connectivity index (χ1) is 9.07. The Morgan fingerprint density at radius 2 is 1.89 bits per heavy atom. The third-order valence-corrected chi connectivity index (χ3v) is 4.59. The van der Waals surface area contributed by atoms with Crippen LogP contribution in [0.4, 0.5) is 5.69 Å². The van der Waals surface area contributed by atoms with Gasteiger partial charge in [0.25, 0.3) is 5.69 Å². The zero-order chi connectivity index (χ0) is 13.9. The van der Waals surface area contributed by atoms with Crippen molar-refractivity contribution in [3.8, 4) is 0 Å². The first kappa shape index (κ1) is 14.0. The zero-order valence-electron chi connectivity index (χ0n) is 11.3. The maximum Gasteiger partial charge on any atom is 0.269 e. The third-order valence-electron chi connectivity index (χ3n) is 4.59. The predicted molar refractivity (Wildman–Crippen MR) is 74.0 cm³/mol. The second kappa shape index (κ2) is 5.70. The first-order valence-corrected chi connectivity index (χ1v) is 6.99. The largest absolute Gasteiger partial charge is 0.392 e. The van der Waals surface area contributed by atoms with E-state index in [0.29, 0.717) is 6.42 Å². The Balaban J connectivity index is 2.05. The van der Waals surface area contributed by atoms with Gasteiger partial charge in [0.15, 0.2) is 0 Å². The van der Waals surface area contributed by atoms with Gasteiger partial charge in [-0.25, -0.2) is 0 Å². The molecule has 2 rings (SSSR count). The van der Waals surface area contributed by atoms with Gasteiger partial charge in [-0.2, -0.15) is 0 Å². The summed E-state index contributed by atoms with van der Waals surface area (Å²) in [5.74, 6) is 0. The van der Waals surface area contributed by atoms with Crippen LogP contribution >= 0.6 is 0 Å². The number of aliphatic hydroxyl groups excluding tert-OH is 1. The van der Waals surface area contributed by atoms with Crippen LogP contribution in [0, 0.1) is 15.5 Å². The highest BCUT2D eigenvalue weighted by atomic mass is 16.6. The molecule has 1 atom stereocenters. The van der Waals surface area contributed by atoms with Crippen molar-refractivity contribution in [3.63, 3.8) is 0 Å². The molecule has 4 nitrogen and oxygen atoms in total. The topological polar surface area (TPSA) is 63.4 Å². The summed E-state index contributed by atoms with van der Waals surface area (Å²) in [6.45, 7) is 2.14. The lowest BCUT2D eigenvalue weighted by Crippen LogP contribution is -2.33. The lowest BCUT2D eigenvalue weighted by Gasteiger charge is -2.33. The molecule has 0 radical (unpaired) electrons. The fraction of sp³-hybridized carbons (Fsp3) is 0.600. The number of aliphatic hydroxyl groups is 1. The van der Waals surface area contributed by atoms with Gasteiger partial charge >= 0.3 is 0 Å². The highest BCUT2D eigenvalue weighted by Crippen LogP contribution is 2.44. The summed E-state index contributed by atoms with van der Waals surface area (Å²) in [5, 5.41) is 21.1. The van der Waals surface area contributed by atoms with E-state index >= 15 is 0 Å². The van der Waals surface area contributed by atoms with Crippen LogP contribution in [-0.2, 0) is 6.42 Å². The number of nitro groups is 1. The minimum absolute atomic E-state index is 0.0573. The molecule has 104 valence electrons. The molecule has 1 saturated carbocycles. The van der Waals surface area contributed by atoms with E-state index in [2.05, 4.69) is 6.92 Å². The van der Waals surface area contributed by atoms with Crippen molar-refractivity contribution in [3.05, 3.63) is 39.9 Å². The summed E-state index contributed by atoms with van der Waals surface area (Å²) in [6.07, 6.45) is 5.83. The number of nitro benzene ring substituents is 1. The number of nitrogens with zero attached hydrogens (tertiary/aromatic N) is 1. The van der Waals surface area contributed by atoms with E-state index in [9.17, 15) is 15.2 Å². The lowest BCUT2D eigenvalue weighted by atomic mass is 9.76. The van der Waals surface area contributed by atoms with Crippen molar-refractivity contribution in [1.82, 2.24) is 0 Å². The van der Waals surface area contributed by atoms with Crippen molar-refractivity contribution >= 4 is 5.69 Å². The molecule has 1 aromatic carbocycles. The van der Waals surface area contributed by atoms with Gasteiger partial charge in [-0.05, 0) is 36.7 Å². The van der Waals surface area contributed by atoms with E-state index < -0.39 is 4.92 Å². The molecule has 0 spiro atoms. The van der Waals surface area contributed by atoms with Crippen molar-refractivity contribution < 1.29 is 10.0 Å². The number of hydrogen-bond acceptors (Lipinski definition) is 3. The average Bonchev–Trinajstić information content (AvgIpc) is 2.89. The molecule has 1 aliphatic carbocycles. The van der Waals surface area contributed by atoms with Crippen LogP contribution in [-0.4, -0.2) is 16.1 Å². The fourth-order valence-corrected chi connectivity index (χ4v) is 3.20. The monoisotopic (exact) mass is 263 g/mol. The summed E-state index contributed by atoms with van der Waals surface area (Å²) >= 11 is 0. The maximum absolute atomic E-state index is 10.6. The molecule has 0 bridgehead atoms. The van der Waals surface area contributed by atoms with E-state index in [1.54, 1.807) is 12.1 Å². The second-order valence-corrected chi connectivity index (χ2v) is 5.57. The van der Waals surface area contributed by atoms with E-state index in [-0.39, 0.29) is 17.2 Å². The minimum atomic E-state index is -0.398. The van der Waals surface area contributed by atoms with E-state index in [1.807, 2.05) is 0 Å². The summed E-state index contributed by atoms with van der Waals surface area (Å²) in [7, 11) is 0. The molecule has 1 unspecified atom stereocenters. The average molecular weight is 263 g/mol. The van der Waals surface area contributed by atoms with Gasteiger partial charge in [0, 0.05) is 12.1 Å². The third kappa shape index (κ3) is 2.95. The molecule has 1 aliphatic rings. The fourth-order valence-electron chi connectivity index (χ4n) is 3.20. The Morgan fingerprint density at radius 1 is 1.32 bits per heavy atom. The molecular formula is C15H21NO3. The summed E-state index contributed by atoms with van der Waals surface area (Å²) in [5.41, 5.74) is 1.13. The standard InChI is InChI=1S/C15H21NO3/c1-2-15(9-3-4-10-15)14(17)11-12-5-7-13(8-6-12)16(18)19/h5-8,14,17H,2-4,9-11H2,1H3. The minimum Gasteiger partial charge on any atom is -0.392 e. The molecule has 0 aliphatic heterocycles. The molecule has 0 amide bonds. The van der Waals surface area contributed by atoms with Crippen molar-refractivity contribution in [2.75, 3.05) is 0 Å². The number of hydrogen-bond donors (Lipinski definition) is 1. The van der Waals surface area contributed by atoms with Crippen LogP contribution in [0.1, 0.15) is 44.6 Å². The Labute approximate surface area is 113 Å². The Kier molecular flexibility index (Phi) is 4.20. The van der Waals surface area contributed by atoms with Gasteiger partial charge in [-0.3, -0.25) is 10.1 Å². The van der Waals surface area contributed by atoms with Gasteiger partial charge in [0.1, 0.15) is 0 Å². The summed E-state index contributed by atoms with van der Waals surface area (Å²) < 4.78 is 0. The number of non-ortho nitro benzene ring substituents is 1. The first-order valence-electron chi connectivity index (χ1n) is 6.99. The molecule has 1 N–H and O–H groups in total. The molecule has 0 aromatic heterocycles.